The molecule has 0 saturated heterocycles. The Labute approximate surface area is 91.6 Å². The van der Waals surface area contributed by atoms with Gasteiger partial charge in [-0.15, -0.1) is 0 Å². The third-order valence-electron chi connectivity index (χ3n) is 2.74. The van der Waals surface area contributed by atoms with E-state index in [1.54, 1.807) is 0 Å². The van der Waals surface area contributed by atoms with Crippen molar-refractivity contribution >= 4 is 5.69 Å². The lowest BCUT2D eigenvalue weighted by Crippen LogP contribution is -2.00. The van der Waals surface area contributed by atoms with E-state index in [1.165, 1.54) is 24.1 Å². The van der Waals surface area contributed by atoms with Crippen LogP contribution >= 0.6 is 0 Å². The number of rotatable bonds is 4. The van der Waals surface area contributed by atoms with Crippen molar-refractivity contribution in [2.75, 3.05) is 12.4 Å². The standard InChI is InChI=1S/C13H19NO/c1-9(2)12-8-11(15-10-4-5-10)6-7-13(12)14-3/h6-10,14H,4-5H2,1-3H3. The maximum atomic E-state index is 5.79. The van der Waals surface area contributed by atoms with Gasteiger partial charge in [0.2, 0.25) is 0 Å². The highest BCUT2D eigenvalue weighted by molar-refractivity contribution is 5.55. The molecule has 1 aromatic carbocycles. The third kappa shape index (κ3) is 2.44. The second kappa shape index (κ2) is 4.13. The first-order valence-corrected chi connectivity index (χ1v) is 5.69. The van der Waals surface area contributed by atoms with Crippen LogP contribution in [-0.2, 0) is 0 Å². The highest BCUT2D eigenvalue weighted by Crippen LogP contribution is 2.32. The molecule has 1 aliphatic carbocycles. The molecule has 0 heterocycles. The Bertz CT molecular complexity index is 342. The second-order valence-electron chi connectivity index (χ2n) is 4.47. The van der Waals surface area contributed by atoms with Crippen LogP contribution in [0.1, 0.15) is 38.2 Å². The summed E-state index contributed by atoms with van der Waals surface area (Å²) in [6.45, 7) is 4.41. The molecule has 0 amide bonds. The predicted octanol–water partition coefficient (Wildman–Crippen LogP) is 3.39. The number of nitrogens with one attached hydrogen (secondary N) is 1. The summed E-state index contributed by atoms with van der Waals surface area (Å²) in [4.78, 5) is 0. The molecule has 0 aliphatic heterocycles. The van der Waals surface area contributed by atoms with Gasteiger partial charge in [0.1, 0.15) is 5.75 Å². The zero-order chi connectivity index (χ0) is 10.8. The van der Waals surface area contributed by atoms with Crippen molar-refractivity contribution in [2.24, 2.45) is 0 Å². The van der Waals surface area contributed by atoms with Crippen molar-refractivity contribution in [3.8, 4) is 5.75 Å². The zero-order valence-corrected chi connectivity index (χ0v) is 9.71. The summed E-state index contributed by atoms with van der Waals surface area (Å²) in [7, 11) is 1.96. The number of ether oxygens (including phenoxy) is 1. The van der Waals surface area contributed by atoms with Gasteiger partial charge in [-0.1, -0.05) is 13.8 Å². The molecule has 1 aliphatic rings. The van der Waals surface area contributed by atoms with E-state index in [0.29, 0.717) is 12.0 Å². The van der Waals surface area contributed by atoms with Crippen LogP contribution in [0.4, 0.5) is 5.69 Å². The number of hydrogen-bond acceptors (Lipinski definition) is 2. The highest BCUT2D eigenvalue weighted by atomic mass is 16.5. The second-order valence-corrected chi connectivity index (χ2v) is 4.47. The van der Waals surface area contributed by atoms with Gasteiger partial charge in [0, 0.05) is 12.7 Å². The van der Waals surface area contributed by atoms with E-state index >= 15 is 0 Å². The first kappa shape index (κ1) is 10.3. The quantitative estimate of drug-likeness (QED) is 0.813. The molecule has 15 heavy (non-hydrogen) atoms. The number of hydrogen-bond donors (Lipinski definition) is 1. The first-order chi connectivity index (χ1) is 7.20. The summed E-state index contributed by atoms with van der Waals surface area (Å²) in [6.07, 6.45) is 2.90. The van der Waals surface area contributed by atoms with E-state index in [9.17, 15) is 0 Å². The van der Waals surface area contributed by atoms with Gasteiger partial charge in [0.05, 0.1) is 6.10 Å². The first-order valence-electron chi connectivity index (χ1n) is 5.69. The van der Waals surface area contributed by atoms with Gasteiger partial charge in [0.15, 0.2) is 0 Å². The van der Waals surface area contributed by atoms with Crippen LogP contribution < -0.4 is 10.1 Å². The minimum Gasteiger partial charge on any atom is -0.490 e. The van der Waals surface area contributed by atoms with E-state index in [1.807, 2.05) is 7.05 Å². The molecule has 2 rings (SSSR count). The summed E-state index contributed by atoms with van der Waals surface area (Å²) in [5, 5.41) is 3.22. The summed E-state index contributed by atoms with van der Waals surface area (Å²) >= 11 is 0. The summed E-state index contributed by atoms with van der Waals surface area (Å²) in [6, 6.07) is 6.32. The van der Waals surface area contributed by atoms with Crippen molar-refractivity contribution in [2.45, 2.75) is 38.7 Å². The van der Waals surface area contributed by atoms with Gasteiger partial charge in [-0.25, -0.2) is 0 Å². The van der Waals surface area contributed by atoms with Crippen molar-refractivity contribution in [1.82, 2.24) is 0 Å². The number of benzene rings is 1. The Morgan fingerprint density at radius 2 is 2.07 bits per heavy atom. The van der Waals surface area contributed by atoms with Crippen LogP contribution in [0.3, 0.4) is 0 Å². The average Bonchev–Trinajstić information content (AvgIpc) is 3.01. The molecule has 0 atom stereocenters. The summed E-state index contributed by atoms with van der Waals surface area (Å²) in [5.74, 6) is 1.54. The van der Waals surface area contributed by atoms with Gasteiger partial charge >= 0.3 is 0 Å². The minimum absolute atomic E-state index is 0.477. The Morgan fingerprint density at radius 1 is 1.33 bits per heavy atom. The van der Waals surface area contributed by atoms with Gasteiger partial charge in [0.25, 0.3) is 0 Å². The van der Waals surface area contributed by atoms with Crippen LogP contribution in [0, 0.1) is 0 Å². The zero-order valence-electron chi connectivity index (χ0n) is 9.71. The highest BCUT2D eigenvalue weighted by Gasteiger charge is 2.23. The predicted molar refractivity (Wildman–Crippen MR) is 63.7 cm³/mol. The molecule has 0 bridgehead atoms. The molecule has 82 valence electrons. The molecular formula is C13H19NO. The van der Waals surface area contributed by atoms with Crippen LogP contribution in [0.25, 0.3) is 0 Å². The van der Waals surface area contributed by atoms with Gasteiger partial charge in [-0.3, -0.25) is 0 Å². The fourth-order valence-corrected chi connectivity index (χ4v) is 1.70. The molecule has 2 nitrogen and oxygen atoms in total. The molecule has 1 N–H and O–H groups in total. The molecule has 0 aromatic heterocycles. The lowest BCUT2D eigenvalue weighted by molar-refractivity contribution is 0.303. The molecule has 0 spiro atoms. The Balaban J connectivity index is 2.22. The van der Waals surface area contributed by atoms with Crippen molar-refractivity contribution in [1.29, 1.82) is 0 Å². The van der Waals surface area contributed by atoms with Gasteiger partial charge < -0.3 is 10.1 Å². The molecule has 1 saturated carbocycles. The van der Waals surface area contributed by atoms with Crippen LogP contribution in [-0.4, -0.2) is 13.2 Å². The Kier molecular flexibility index (Phi) is 2.85. The lowest BCUT2D eigenvalue weighted by atomic mass is 10.0. The maximum Gasteiger partial charge on any atom is 0.120 e. The number of anilines is 1. The van der Waals surface area contributed by atoms with E-state index in [0.717, 1.165) is 5.75 Å². The minimum atomic E-state index is 0.477. The van der Waals surface area contributed by atoms with E-state index in [-0.39, 0.29) is 0 Å². The van der Waals surface area contributed by atoms with Crippen LogP contribution in [0.2, 0.25) is 0 Å². The van der Waals surface area contributed by atoms with Gasteiger partial charge in [-0.2, -0.15) is 0 Å². The molecule has 2 heteroatoms. The fourth-order valence-electron chi connectivity index (χ4n) is 1.70. The fraction of sp³-hybridized carbons (Fsp3) is 0.538. The maximum absolute atomic E-state index is 5.79. The Hall–Kier alpha value is -1.18. The van der Waals surface area contributed by atoms with E-state index in [2.05, 4.69) is 37.4 Å². The largest absolute Gasteiger partial charge is 0.490 e. The normalized spacial score (nSPS) is 15.5. The topological polar surface area (TPSA) is 21.3 Å². The van der Waals surface area contributed by atoms with E-state index < -0.39 is 0 Å². The smallest absolute Gasteiger partial charge is 0.120 e. The molecule has 1 fully saturated rings. The van der Waals surface area contributed by atoms with E-state index in [4.69, 9.17) is 4.74 Å². The Morgan fingerprint density at radius 3 is 2.60 bits per heavy atom. The lowest BCUT2D eigenvalue weighted by Gasteiger charge is -2.14. The van der Waals surface area contributed by atoms with Crippen molar-refractivity contribution in [3.05, 3.63) is 23.8 Å². The summed E-state index contributed by atoms with van der Waals surface area (Å²) in [5.41, 5.74) is 2.53. The average molecular weight is 205 g/mol. The SMILES string of the molecule is CNc1ccc(OC2CC2)cc1C(C)C. The van der Waals surface area contributed by atoms with Crippen LogP contribution in [0.15, 0.2) is 18.2 Å². The van der Waals surface area contributed by atoms with Crippen molar-refractivity contribution in [3.63, 3.8) is 0 Å². The molecular weight excluding hydrogens is 186 g/mol. The summed E-state index contributed by atoms with van der Waals surface area (Å²) < 4.78 is 5.79. The molecule has 1 aromatic rings. The monoisotopic (exact) mass is 205 g/mol. The van der Waals surface area contributed by atoms with Gasteiger partial charge in [-0.05, 0) is 42.5 Å². The molecule has 0 radical (unpaired) electrons. The van der Waals surface area contributed by atoms with Crippen LogP contribution in [0.5, 0.6) is 5.75 Å². The molecule has 0 unspecified atom stereocenters. The van der Waals surface area contributed by atoms with Crippen molar-refractivity contribution < 1.29 is 4.74 Å². The third-order valence-corrected chi connectivity index (χ3v) is 2.74.